The summed E-state index contributed by atoms with van der Waals surface area (Å²) in [5.74, 6) is -0.0335. The second-order valence-corrected chi connectivity index (χ2v) is 4.58. The lowest BCUT2D eigenvalue weighted by Gasteiger charge is -2.14. The molecule has 1 amide bonds. The van der Waals surface area contributed by atoms with Gasteiger partial charge in [-0.1, -0.05) is 0 Å². The maximum absolute atomic E-state index is 11.6. The van der Waals surface area contributed by atoms with Gasteiger partial charge in [-0.3, -0.25) is 9.69 Å². The monoisotopic (exact) mass is 242 g/mol. The molecule has 0 bridgehead atoms. The van der Waals surface area contributed by atoms with Gasteiger partial charge in [0.1, 0.15) is 0 Å². The van der Waals surface area contributed by atoms with Crippen LogP contribution in [-0.4, -0.2) is 42.5 Å². The fourth-order valence-electron chi connectivity index (χ4n) is 1.26. The summed E-state index contributed by atoms with van der Waals surface area (Å²) < 4.78 is 0. The third-order valence-corrected chi connectivity index (χ3v) is 2.90. The van der Waals surface area contributed by atoms with Gasteiger partial charge in [0.15, 0.2) is 5.13 Å². The number of anilines is 1. The average Bonchev–Trinajstić information content (AvgIpc) is 2.60. The molecule has 1 aromatic heterocycles. The lowest BCUT2D eigenvalue weighted by Crippen LogP contribution is -2.31. The zero-order chi connectivity index (χ0) is 12.0. The summed E-state index contributed by atoms with van der Waals surface area (Å²) in [5, 5.41) is 5.34. The van der Waals surface area contributed by atoms with Crippen LogP contribution in [-0.2, 0) is 4.79 Å². The molecule has 90 valence electrons. The molecule has 1 aromatic rings. The first kappa shape index (κ1) is 13.1. The van der Waals surface area contributed by atoms with Gasteiger partial charge in [0.25, 0.3) is 0 Å². The SMILES string of the molecule is Cc1csc(NC(=O)CN(C)CCCN)n1. The maximum Gasteiger partial charge on any atom is 0.240 e. The summed E-state index contributed by atoms with van der Waals surface area (Å²) in [6, 6.07) is 0. The lowest BCUT2D eigenvalue weighted by molar-refractivity contribution is -0.117. The molecule has 0 saturated carbocycles. The van der Waals surface area contributed by atoms with Crippen LogP contribution in [0, 0.1) is 6.92 Å². The van der Waals surface area contributed by atoms with Crippen LogP contribution < -0.4 is 11.1 Å². The van der Waals surface area contributed by atoms with E-state index in [1.54, 1.807) is 0 Å². The van der Waals surface area contributed by atoms with E-state index in [-0.39, 0.29) is 5.91 Å². The Morgan fingerprint density at radius 2 is 2.44 bits per heavy atom. The molecule has 0 fully saturated rings. The van der Waals surface area contributed by atoms with Gasteiger partial charge in [0.05, 0.1) is 12.2 Å². The van der Waals surface area contributed by atoms with E-state index in [1.807, 2.05) is 24.3 Å². The van der Waals surface area contributed by atoms with Crippen molar-refractivity contribution >= 4 is 22.4 Å². The number of nitrogens with two attached hydrogens (primary N) is 1. The van der Waals surface area contributed by atoms with Crippen molar-refractivity contribution in [2.45, 2.75) is 13.3 Å². The molecule has 1 rings (SSSR count). The van der Waals surface area contributed by atoms with Gasteiger partial charge in [0.2, 0.25) is 5.91 Å². The molecule has 0 aliphatic carbocycles. The number of carbonyl (C=O) groups excluding carboxylic acids is 1. The standard InChI is InChI=1S/C10H18N4OS/c1-8-7-16-10(12-8)13-9(15)6-14(2)5-3-4-11/h7H,3-6,11H2,1-2H3,(H,12,13,15). The van der Waals surface area contributed by atoms with Gasteiger partial charge in [-0.2, -0.15) is 0 Å². The van der Waals surface area contributed by atoms with E-state index in [0.29, 0.717) is 18.2 Å². The summed E-state index contributed by atoms with van der Waals surface area (Å²) >= 11 is 1.44. The van der Waals surface area contributed by atoms with Crippen molar-refractivity contribution in [2.24, 2.45) is 5.73 Å². The van der Waals surface area contributed by atoms with Crippen molar-refractivity contribution in [3.05, 3.63) is 11.1 Å². The van der Waals surface area contributed by atoms with E-state index in [4.69, 9.17) is 5.73 Å². The zero-order valence-electron chi connectivity index (χ0n) is 9.69. The molecule has 0 aromatic carbocycles. The Bertz CT molecular complexity index is 339. The molecule has 0 aliphatic rings. The number of hydrogen-bond donors (Lipinski definition) is 2. The summed E-state index contributed by atoms with van der Waals surface area (Å²) in [4.78, 5) is 17.7. The third-order valence-electron chi connectivity index (χ3n) is 2.02. The second kappa shape index (κ2) is 6.57. The van der Waals surface area contributed by atoms with E-state index in [0.717, 1.165) is 18.7 Å². The van der Waals surface area contributed by atoms with Crippen LogP contribution in [0.3, 0.4) is 0 Å². The highest BCUT2D eigenvalue weighted by molar-refractivity contribution is 7.13. The van der Waals surface area contributed by atoms with Crippen molar-refractivity contribution in [1.82, 2.24) is 9.88 Å². The number of nitrogens with zero attached hydrogens (tertiary/aromatic N) is 2. The fourth-order valence-corrected chi connectivity index (χ4v) is 1.96. The van der Waals surface area contributed by atoms with Crippen LogP contribution >= 0.6 is 11.3 Å². The van der Waals surface area contributed by atoms with Crippen LogP contribution in [0.25, 0.3) is 0 Å². The van der Waals surface area contributed by atoms with E-state index in [2.05, 4.69) is 10.3 Å². The van der Waals surface area contributed by atoms with E-state index in [1.165, 1.54) is 11.3 Å². The van der Waals surface area contributed by atoms with E-state index in [9.17, 15) is 4.79 Å². The molecule has 0 unspecified atom stereocenters. The van der Waals surface area contributed by atoms with Crippen LogP contribution in [0.1, 0.15) is 12.1 Å². The van der Waals surface area contributed by atoms with Crippen molar-refractivity contribution < 1.29 is 4.79 Å². The summed E-state index contributed by atoms with van der Waals surface area (Å²) in [7, 11) is 1.91. The molecule has 1 heterocycles. The molecule has 0 atom stereocenters. The molecule has 3 N–H and O–H groups in total. The number of carbonyl (C=O) groups is 1. The molecule has 0 radical (unpaired) electrons. The van der Waals surface area contributed by atoms with Gasteiger partial charge in [0, 0.05) is 5.38 Å². The van der Waals surface area contributed by atoms with Crippen molar-refractivity contribution in [3.63, 3.8) is 0 Å². The molecule has 5 nitrogen and oxygen atoms in total. The van der Waals surface area contributed by atoms with Gasteiger partial charge < -0.3 is 11.1 Å². The first-order valence-electron chi connectivity index (χ1n) is 5.22. The Hall–Kier alpha value is -0.980. The van der Waals surface area contributed by atoms with Crippen molar-refractivity contribution in [3.8, 4) is 0 Å². The maximum atomic E-state index is 11.6. The minimum atomic E-state index is -0.0335. The molecular formula is C10H18N4OS. The average molecular weight is 242 g/mol. The Morgan fingerprint density at radius 3 is 3.00 bits per heavy atom. The Labute approximate surface area is 99.7 Å². The largest absolute Gasteiger partial charge is 0.330 e. The summed E-state index contributed by atoms with van der Waals surface area (Å²) in [5.41, 5.74) is 6.33. The first-order chi connectivity index (χ1) is 7.61. The predicted octanol–water partition coefficient (Wildman–Crippen LogP) is 0.671. The molecule has 6 heteroatoms. The highest BCUT2D eigenvalue weighted by Gasteiger charge is 2.08. The third kappa shape index (κ3) is 4.69. The Morgan fingerprint density at radius 1 is 1.69 bits per heavy atom. The van der Waals surface area contributed by atoms with E-state index < -0.39 is 0 Å². The Balaban J connectivity index is 2.30. The number of aryl methyl sites for hydroxylation is 1. The topological polar surface area (TPSA) is 71.2 Å². The van der Waals surface area contributed by atoms with Gasteiger partial charge in [-0.05, 0) is 33.5 Å². The number of nitrogens with one attached hydrogen (secondary N) is 1. The smallest absolute Gasteiger partial charge is 0.240 e. The number of aromatic nitrogens is 1. The number of thiazole rings is 1. The predicted molar refractivity (Wildman–Crippen MR) is 66.6 cm³/mol. The summed E-state index contributed by atoms with van der Waals surface area (Å²) in [6.07, 6.45) is 0.903. The number of rotatable bonds is 6. The van der Waals surface area contributed by atoms with Gasteiger partial charge in [-0.25, -0.2) is 4.98 Å². The van der Waals surface area contributed by atoms with Crippen LogP contribution in [0.15, 0.2) is 5.38 Å². The first-order valence-corrected chi connectivity index (χ1v) is 6.10. The number of likely N-dealkylation sites (N-methyl/N-ethyl adjacent to an activating group) is 1. The second-order valence-electron chi connectivity index (χ2n) is 3.72. The van der Waals surface area contributed by atoms with Crippen LogP contribution in [0.5, 0.6) is 0 Å². The van der Waals surface area contributed by atoms with Crippen molar-refractivity contribution in [2.75, 3.05) is 32.0 Å². The molecular weight excluding hydrogens is 224 g/mol. The number of hydrogen-bond acceptors (Lipinski definition) is 5. The molecule has 16 heavy (non-hydrogen) atoms. The Kier molecular flexibility index (Phi) is 5.37. The van der Waals surface area contributed by atoms with Crippen molar-refractivity contribution in [1.29, 1.82) is 0 Å². The lowest BCUT2D eigenvalue weighted by atomic mass is 10.4. The normalized spacial score (nSPS) is 10.8. The fraction of sp³-hybridized carbons (Fsp3) is 0.600. The minimum Gasteiger partial charge on any atom is -0.330 e. The number of amides is 1. The highest BCUT2D eigenvalue weighted by Crippen LogP contribution is 2.13. The zero-order valence-corrected chi connectivity index (χ0v) is 10.5. The highest BCUT2D eigenvalue weighted by atomic mass is 32.1. The molecule has 0 saturated heterocycles. The van der Waals surface area contributed by atoms with Gasteiger partial charge in [-0.15, -0.1) is 11.3 Å². The van der Waals surface area contributed by atoms with Gasteiger partial charge >= 0.3 is 0 Å². The van der Waals surface area contributed by atoms with E-state index >= 15 is 0 Å². The quantitative estimate of drug-likeness (QED) is 0.769. The summed E-state index contributed by atoms with van der Waals surface area (Å²) in [6.45, 7) is 3.76. The molecule has 0 spiro atoms. The molecule has 0 aliphatic heterocycles. The van der Waals surface area contributed by atoms with Crippen LogP contribution in [0.4, 0.5) is 5.13 Å². The minimum absolute atomic E-state index is 0.0335. The van der Waals surface area contributed by atoms with Crippen LogP contribution in [0.2, 0.25) is 0 Å².